The second kappa shape index (κ2) is 5.85. The van der Waals surface area contributed by atoms with Gasteiger partial charge in [0.25, 0.3) is 0 Å². The van der Waals surface area contributed by atoms with Crippen LogP contribution in [0.2, 0.25) is 0 Å². The second-order valence-corrected chi connectivity index (χ2v) is 6.81. The molecule has 0 radical (unpaired) electrons. The zero-order chi connectivity index (χ0) is 13.8. The summed E-state index contributed by atoms with van der Waals surface area (Å²) in [6.07, 6.45) is 1.76. The van der Waals surface area contributed by atoms with E-state index < -0.39 is 0 Å². The van der Waals surface area contributed by atoms with Gasteiger partial charge in [-0.15, -0.1) is 0 Å². The van der Waals surface area contributed by atoms with Gasteiger partial charge in [-0.1, -0.05) is 52.0 Å². The van der Waals surface area contributed by atoms with E-state index in [4.69, 9.17) is 0 Å². The SMILES string of the molecule is CC(C)(CO)Cc1ccc(CC(C)(C)CO)cc1. The van der Waals surface area contributed by atoms with E-state index in [-0.39, 0.29) is 24.0 Å². The topological polar surface area (TPSA) is 40.5 Å². The average molecular weight is 250 g/mol. The lowest BCUT2D eigenvalue weighted by molar-refractivity contribution is 0.159. The van der Waals surface area contributed by atoms with Crippen molar-refractivity contribution in [2.75, 3.05) is 13.2 Å². The predicted octanol–water partition coefficient (Wildman–Crippen LogP) is 2.81. The molecule has 0 aromatic heterocycles. The summed E-state index contributed by atoms with van der Waals surface area (Å²) in [4.78, 5) is 0. The number of rotatable bonds is 6. The smallest absolute Gasteiger partial charge is 0.0485 e. The van der Waals surface area contributed by atoms with E-state index in [1.54, 1.807) is 0 Å². The number of benzene rings is 1. The summed E-state index contributed by atoms with van der Waals surface area (Å²) in [5.41, 5.74) is 2.37. The van der Waals surface area contributed by atoms with E-state index in [9.17, 15) is 10.2 Å². The Hall–Kier alpha value is -0.860. The van der Waals surface area contributed by atoms with Crippen molar-refractivity contribution in [1.82, 2.24) is 0 Å². The van der Waals surface area contributed by atoms with Crippen LogP contribution < -0.4 is 0 Å². The Labute approximate surface area is 111 Å². The molecule has 0 aliphatic rings. The quantitative estimate of drug-likeness (QED) is 0.815. The van der Waals surface area contributed by atoms with Crippen LogP contribution >= 0.6 is 0 Å². The lowest BCUT2D eigenvalue weighted by Crippen LogP contribution is -2.20. The molecule has 1 rings (SSSR count). The number of hydrogen-bond acceptors (Lipinski definition) is 2. The zero-order valence-electron chi connectivity index (χ0n) is 12.0. The first kappa shape index (κ1) is 15.2. The fourth-order valence-electron chi connectivity index (χ4n) is 1.99. The largest absolute Gasteiger partial charge is 0.396 e. The van der Waals surface area contributed by atoms with Gasteiger partial charge in [-0.05, 0) is 34.8 Å². The Morgan fingerprint density at radius 2 is 1.00 bits per heavy atom. The molecule has 1 aromatic carbocycles. The molecule has 0 saturated carbocycles. The minimum absolute atomic E-state index is 0.0636. The van der Waals surface area contributed by atoms with Crippen molar-refractivity contribution in [1.29, 1.82) is 0 Å². The van der Waals surface area contributed by atoms with Gasteiger partial charge >= 0.3 is 0 Å². The first-order chi connectivity index (χ1) is 8.28. The molecule has 0 saturated heterocycles. The molecule has 0 aliphatic heterocycles. The molecule has 2 N–H and O–H groups in total. The molecular weight excluding hydrogens is 224 g/mol. The van der Waals surface area contributed by atoms with Crippen LogP contribution in [-0.4, -0.2) is 23.4 Å². The molecule has 0 heterocycles. The molecule has 0 fully saturated rings. The first-order valence-corrected chi connectivity index (χ1v) is 6.58. The van der Waals surface area contributed by atoms with Gasteiger partial charge in [0, 0.05) is 13.2 Å². The summed E-state index contributed by atoms with van der Waals surface area (Å²) < 4.78 is 0. The van der Waals surface area contributed by atoms with Crippen molar-refractivity contribution in [3.8, 4) is 0 Å². The van der Waals surface area contributed by atoms with Gasteiger partial charge in [-0.3, -0.25) is 0 Å². The Bertz CT molecular complexity index is 326. The van der Waals surface area contributed by atoms with Crippen LogP contribution in [0.25, 0.3) is 0 Å². The van der Waals surface area contributed by atoms with Crippen LogP contribution in [0.5, 0.6) is 0 Å². The minimum atomic E-state index is -0.0636. The van der Waals surface area contributed by atoms with E-state index >= 15 is 0 Å². The number of aliphatic hydroxyl groups is 2. The van der Waals surface area contributed by atoms with Crippen LogP contribution in [0.3, 0.4) is 0 Å². The summed E-state index contributed by atoms with van der Waals surface area (Å²) in [5.74, 6) is 0. The molecular formula is C16H26O2. The highest BCUT2D eigenvalue weighted by Crippen LogP contribution is 2.24. The maximum atomic E-state index is 9.27. The van der Waals surface area contributed by atoms with Gasteiger partial charge < -0.3 is 10.2 Å². The average Bonchev–Trinajstić information content (AvgIpc) is 2.31. The third-order valence-corrected chi connectivity index (χ3v) is 3.24. The van der Waals surface area contributed by atoms with Crippen LogP contribution in [0.1, 0.15) is 38.8 Å². The van der Waals surface area contributed by atoms with Crippen molar-refractivity contribution in [2.45, 2.75) is 40.5 Å². The predicted molar refractivity (Wildman–Crippen MR) is 75.6 cm³/mol. The summed E-state index contributed by atoms with van der Waals surface area (Å²) in [7, 11) is 0. The Morgan fingerprint density at radius 1 is 0.722 bits per heavy atom. The molecule has 0 bridgehead atoms. The molecule has 2 heteroatoms. The van der Waals surface area contributed by atoms with Crippen molar-refractivity contribution in [3.63, 3.8) is 0 Å². The maximum absolute atomic E-state index is 9.27. The molecule has 1 aromatic rings. The number of aliphatic hydroxyl groups excluding tert-OH is 2. The van der Waals surface area contributed by atoms with Crippen LogP contribution in [0, 0.1) is 10.8 Å². The van der Waals surface area contributed by atoms with Gasteiger partial charge in [-0.2, -0.15) is 0 Å². The van der Waals surface area contributed by atoms with E-state index in [1.807, 2.05) is 0 Å². The minimum Gasteiger partial charge on any atom is -0.396 e. The van der Waals surface area contributed by atoms with Crippen LogP contribution in [0.4, 0.5) is 0 Å². The third-order valence-electron chi connectivity index (χ3n) is 3.24. The second-order valence-electron chi connectivity index (χ2n) is 6.81. The highest BCUT2D eigenvalue weighted by atomic mass is 16.3. The lowest BCUT2D eigenvalue weighted by atomic mass is 9.84. The normalized spacial score (nSPS) is 12.8. The lowest BCUT2D eigenvalue weighted by Gasteiger charge is -2.23. The van der Waals surface area contributed by atoms with Crippen LogP contribution in [-0.2, 0) is 12.8 Å². The van der Waals surface area contributed by atoms with Crippen molar-refractivity contribution in [3.05, 3.63) is 35.4 Å². The van der Waals surface area contributed by atoms with E-state index in [0.717, 1.165) is 12.8 Å². The maximum Gasteiger partial charge on any atom is 0.0485 e. The molecule has 0 atom stereocenters. The molecule has 0 amide bonds. The van der Waals surface area contributed by atoms with E-state index in [0.29, 0.717) is 0 Å². The molecule has 102 valence electrons. The highest BCUT2D eigenvalue weighted by Gasteiger charge is 2.19. The molecule has 18 heavy (non-hydrogen) atoms. The molecule has 0 aliphatic carbocycles. The monoisotopic (exact) mass is 250 g/mol. The summed E-state index contributed by atoms with van der Waals surface area (Å²) in [6.45, 7) is 8.66. The van der Waals surface area contributed by atoms with Gasteiger partial charge in [-0.25, -0.2) is 0 Å². The summed E-state index contributed by atoms with van der Waals surface area (Å²) in [5, 5.41) is 18.5. The first-order valence-electron chi connectivity index (χ1n) is 6.58. The third kappa shape index (κ3) is 4.79. The molecule has 2 nitrogen and oxygen atoms in total. The van der Waals surface area contributed by atoms with Gasteiger partial charge in [0.15, 0.2) is 0 Å². The van der Waals surface area contributed by atoms with E-state index in [2.05, 4.69) is 52.0 Å². The van der Waals surface area contributed by atoms with Gasteiger partial charge in [0.05, 0.1) is 0 Å². The molecule has 0 unspecified atom stereocenters. The summed E-state index contributed by atoms with van der Waals surface area (Å²) >= 11 is 0. The van der Waals surface area contributed by atoms with Crippen molar-refractivity contribution >= 4 is 0 Å². The Kier molecular flexibility index (Phi) is 4.94. The Balaban J connectivity index is 2.69. The summed E-state index contributed by atoms with van der Waals surface area (Å²) in [6, 6.07) is 8.50. The zero-order valence-corrected chi connectivity index (χ0v) is 12.0. The Morgan fingerprint density at radius 3 is 1.22 bits per heavy atom. The van der Waals surface area contributed by atoms with Crippen molar-refractivity contribution < 1.29 is 10.2 Å². The van der Waals surface area contributed by atoms with E-state index in [1.165, 1.54) is 11.1 Å². The fourth-order valence-corrected chi connectivity index (χ4v) is 1.99. The van der Waals surface area contributed by atoms with Gasteiger partial charge in [0.2, 0.25) is 0 Å². The van der Waals surface area contributed by atoms with Crippen LogP contribution in [0.15, 0.2) is 24.3 Å². The fraction of sp³-hybridized carbons (Fsp3) is 0.625. The van der Waals surface area contributed by atoms with Crippen molar-refractivity contribution in [2.24, 2.45) is 10.8 Å². The molecule has 0 spiro atoms. The highest BCUT2D eigenvalue weighted by molar-refractivity contribution is 5.24. The standard InChI is InChI=1S/C16H26O2/c1-15(2,11-17)9-13-5-7-14(8-6-13)10-16(3,4)12-18/h5-8,17-18H,9-12H2,1-4H3. The van der Waals surface area contributed by atoms with Gasteiger partial charge in [0.1, 0.15) is 0 Å². The number of hydrogen-bond donors (Lipinski definition) is 2.